The molecule has 0 saturated carbocycles. The highest BCUT2D eigenvalue weighted by Gasteiger charge is 2.18. The second-order valence-electron chi connectivity index (χ2n) is 13.6. The van der Waals surface area contributed by atoms with E-state index in [1.807, 2.05) is 42.5 Å². The Balaban J connectivity index is 1.02. The van der Waals surface area contributed by atoms with Crippen molar-refractivity contribution in [2.75, 3.05) is 0 Å². The lowest BCUT2D eigenvalue weighted by molar-refractivity contribution is 0.669. The standard InChI is InChI=1S/C51H33N3O/c1-3-10-34(11-4-1)36-18-22-38(23-19-36)40-26-30-42(31-27-40)49-52-50(54-51(53-49)46-16-9-15-45-44-14-7-8-17-47(44)55-48(45)46)43-32-28-41(29-33-43)39-24-20-37(21-25-39)35-12-5-2-6-13-35/h1-33H. The Kier molecular flexibility index (Phi) is 8.12. The van der Waals surface area contributed by atoms with Crippen LogP contribution < -0.4 is 0 Å². The van der Waals surface area contributed by atoms with E-state index in [2.05, 4.69) is 158 Å². The van der Waals surface area contributed by atoms with Crippen molar-refractivity contribution < 1.29 is 4.42 Å². The van der Waals surface area contributed by atoms with E-state index in [1.54, 1.807) is 0 Å². The van der Waals surface area contributed by atoms with Gasteiger partial charge in [-0.25, -0.2) is 15.0 Å². The van der Waals surface area contributed by atoms with E-state index in [0.717, 1.165) is 60.9 Å². The first-order chi connectivity index (χ1) is 27.2. The Bertz CT molecular complexity index is 2770. The molecule has 0 amide bonds. The molecule has 0 bridgehead atoms. The molecule has 10 rings (SSSR count). The zero-order valence-electron chi connectivity index (χ0n) is 29.8. The molecule has 0 unspecified atom stereocenters. The molecule has 4 heteroatoms. The summed E-state index contributed by atoms with van der Waals surface area (Å²) in [7, 11) is 0. The number of rotatable bonds is 7. The summed E-state index contributed by atoms with van der Waals surface area (Å²) in [6, 6.07) is 69.4. The lowest BCUT2D eigenvalue weighted by Crippen LogP contribution is -2.00. The van der Waals surface area contributed by atoms with Crippen molar-refractivity contribution in [2.45, 2.75) is 0 Å². The van der Waals surface area contributed by atoms with E-state index >= 15 is 0 Å². The minimum atomic E-state index is 0.561. The van der Waals surface area contributed by atoms with Crippen LogP contribution in [-0.2, 0) is 0 Å². The summed E-state index contributed by atoms with van der Waals surface area (Å²) in [4.78, 5) is 15.2. The van der Waals surface area contributed by atoms with Gasteiger partial charge < -0.3 is 4.42 Å². The molecule has 0 saturated heterocycles. The highest BCUT2D eigenvalue weighted by molar-refractivity contribution is 6.09. The fourth-order valence-corrected chi connectivity index (χ4v) is 7.27. The average molecular weight is 704 g/mol. The summed E-state index contributed by atoms with van der Waals surface area (Å²) < 4.78 is 6.43. The van der Waals surface area contributed by atoms with E-state index < -0.39 is 0 Å². The van der Waals surface area contributed by atoms with Crippen LogP contribution in [0.1, 0.15) is 0 Å². The van der Waals surface area contributed by atoms with Gasteiger partial charge in [-0.15, -0.1) is 0 Å². The van der Waals surface area contributed by atoms with Gasteiger partial charge in [-0.1, -0.05) is 188 Å². The maximum absolute atomic E-state index is 6.43. The topological polar surface area (TPSA) is 51.8 Å². The maximum Gasteiger partial charge on any atom is 0.167 e. The Labute approximate surface area is 319 Å². The smallest absolute Gasteiger partial charge is 0.167 e. The van der Waals surface area contributed by atoms with Crippen LogP contribution in [0.3, 0.4) is 0 Å². The first-order valence-electron chi connectivity index (χ1n) is 18.4. The largest absolute Gasteiger partial charge is 0.455 e. The lowest BCUT2D eigenvalue weighted by Gasteiger charge is -2.10. The molecule has 55 heavy (non-hydrogen) atoms. The monoisotopic (exact) mass is 703 g/mol. The highest BCUT2D eigenvalue weighted by Crippen LogP contribution is 2.36. The SMILES string of the molecule is c1ccc(-c2ccc(-c3ccc(-c4nc(-c5ccc(-c6ccc(-c7ccccc7)cc6)cc5)nc(-c5cccc6c5oc5ccccc56)n4)cc3)cc2)cc1. The summed E-state index contributed by atoms with van der Waals surface area (Å²) in [5.41, 5.74) is 13.6. The molecule has 4 nitrogen and oxygen atoms in total. The molecule has 8 aromatic carbocycles. The van der Waals surface area contributed by atoms with Gasteiger partial charge in [0, 0.05) is 21.9 Å². The summed E-state index contributed by atoms with van der Waals surface area (Å²) in [6.07, 6.45) is 0. The number of aromatic nitrogens is 3. The second-order valence-corrected chi connectivity index (χ2v) is 13.6. The Hall–Kier alpha value is -7.43. The molecule has 0 atom stereocenters. The third-order valence-electron chi connectivity index (χ3n) is 10.2. The van der Waals surface area contributed by atoms with E-state index in [-0.39, 0.29) is 0 Å². The van der Waals surface area contributed by atoms with Crippen LogP contribution >= 0.6 is 0 Å². The molecule has 0 aliphatic rings. The van der Waals surface area contributed by atoms with Crippen molar-refractivity contribution in [1.82, 2.24) is 15.0 Å². The molecule has 0 fully saturated rings. The van der Waals surface area contributed by atoms with Crippen molar-refractivity contribution >= 4 is 21.9 Å². The van der Waals surface area contributed by atoms with Gasteiger partial charge in [0.1, 0.15) is 11.2 Å². The second kappa shape index (κ2) is 13.8. The van der Waals surface area contributed by atoms with Gasteiger partial charge in [-0.05, 0) is 56.6 Å². The summed E-state index contributed by atoms with van der Waals surface area (Å²) in [5.74, 6) is 1.75. The third-order valence-corrected chi connectivity index (χ3v) is 10.2. The molecule has 0 aliphatic heterocycles. The first kappa shape index (κ1) is 32.2. The van der Waals surface area contributed by atoms with Gasteiger partial charge in [0.2, 0.25) is 0 Å². The number of nitrogens with zero attached hydrogens (tertiary/aromatic N) is 3. The number of hydrogen-bond donors (Lipinski definition) is 0. The van der Waals surface area contributed by atoms with Crippen molar-refractivity contribution in [1.29, 1.82) is 0 Å². The predicted octanol–water partition coefficient (Wildman–Crippen LogP) is 13.4. The Morgan fingerprint density at radius 1 is 0.255 bits per heavy atom. The number of benzene rings is 8. The minimum absolute atomic E-state index is 0.561. The van der Waals surface area contributed by atoms with Crippen molar-refractivity contribution in [3.63, 3.8) is 0 Å². The van der Waals surface area contributed by atoms with Crippen LogP contribution in [0.15, 0.2) is 205 Å². The molecule has 0 radical (unpaired) electrons. The Morgan fingerprint density at radius 3 is 1.05 bits per heavy atom. The van der Waals surface area contributed by atoms with Crippen LogP contribution in [0.5, 0.6) is 0 Å². The fourth-order valence-electron chi connectivity index (χ4n) is 7.27. The van der Waals surface area contributed by atoms with Gasteiger partial charge in [0.05, 0.1) is 5.56 Å². The molecule has 0 spiro atoms. The van der Waals surface area contributed by atoms with E-state index in [0.29, 0.717) is 17.5 Å². The molecule has 2 aromatic heterocycles. The van der Waals surface area contributed by atoms with E-state index in [4.69, 9.17) is 19.4 Å². The quantitative estimate of drug-likeness (QED) is 0.166. The zero-order chi connectivity index (χ0) is 36.6. The molecule has 258 valence electrons. The maximum atomic E-state index is 6.43. The van der Waals surface area contributed by atoms with Crippen molar-refractivity contribution in [3.05, 3.63) is 200 Å². The molecule has 10 aromatic rings. The summed E-state index contributed by atoms with van der Waals surface area (Å²) in [5, 5.41) is 2.09. The van der Waals surface area contributed by atoms with Crippen LogP contribution in [0.4, 0.5) is 0 Å². The van der Waals surface area contributed by atoms with Crippen LogP contribution in [0.2, 0.25) is 0 Å². The fraction of sp³-hybridized carbons (Fsp3) is 0. The number of furan rings is 1. The van der Waals surface area contributed by atoms with Crippen molar-refractivity contribution in [3.8, 4) is 78.7 Å². The van der Waals surface area contributed by atoms with Gasteiger partial charge in [0.25, 0.3) is 0 Å². The minimum Gasteiger partial charge on any atom is -0.455 e. The number of para-hydroxylation sites is 2. The lowest BCUT2D eigenvalue weighted by atomic mass is 9.99. The summed E-state index contributed by atoms with van der Waals surface area (Å²) >= 11 is 0. The highest BCUT2D eigenvalue weighted by atomic mass is 16.3. The van der Waals surface area contributed by atoms with Gasteiger partial charge in [-0.2, -0.15) is 0 Å². The van der Waals surface area contributed by atoms with Gasteiger partial charge >= 0.3 is 0 Å². The van der Waals surface area contributed by atoms with Gasteiger partial charge in [0.15, 0.2) is 17.5 Å². The molecular weight excluding hydrogens is 671 g/mol. The molecule has 2 heterocycles. The summed E-state index contributed by atoms with van der Waals surface area (Å²) in [6.45, 7) is 0. The van der Waals surface area contributed by atoms with Crippen LogP contribution in [0.25, 0.3) is 101 Å². The zero-order valence-corrected chi connectivity index (χ0v) is 29.8. The third kappa shape index (κ3) is 6.26. The van der Waals surface area contributed by atoms with E-state index in [9.17, 15) is 0 Å². The number of hydrogen-bond acceptors (Lipinski definition) is 4. The van der Waals surface area contributed by atoms with E-state index in [1.165, 1.54) is 22.3 Å². The molecular formula is C51H33N3O. The van der Waals surface area contributed by atoms with Crippen molar-refractivity contribution in [2.24, 2.45) is 0 Å². The van der Waals surface area contributed by atoms with Crippen LogP contribution in [0, 0.1) is 0 Å². The molecule has 0 N–H and O–H groups in total. The number of fused-ring (bicyclic) bond motifs is 3. The first-order valence-corrected chi connectivity index (χ1v) is 18.4. The van der Waals surface area contributed by atoms with Crippen LogP contribution in [-0.4, -0.2) is 15.0 Å². The molecule has 0 aliphatic carbocycles. The average Bonchev–Trinajstić information content (AvgIpc) is 3.66. The normalized spacial score (nSPS) is 11.3. The predicted molar refractivity (Wildman–Crippen MR) is 225 cm³/mol. The van der Waals surface area contributed by atoms with Gasteiger partial charge in [-0.3, -0.25) is 0 Å². The Morgan fingerprint density at radius 2 is 0.600 bits per heavy atom.